The first kappa shape index (κ1) is 10.6. The minimum absolute atomic E-state index is 0.425. The van der Waals surface area contributed by atoms with Crippen molar-refractivity contribution in [2.75, 3.05) is 7.05 Å². The van der Waals surface area contributed by atoms with Crippen LogP contribution in [0.25, 0.3) is 0 Å². The van der Waals surface area contributed by atoms with Crippen LogP contribution in [0.1, 0.15) is 13.8 Å². The lowest BCUT2D eigenvalue weighted by atomic mass is 10.3. The zero-order valence-corrected chi connectivity index (χ0v) is 7.33. The maximum atomic E-state index is 11.0. The van der Waals surface area contributed by atoms with Gasteiger partial charge in [0.1, 0.15) is 6.04 Å². The Kier molecular flexibility index (Phi) is 3.96. The van der Waals surface area contributed by atoms with Crippen LogP contribution in [0.15, 0.2) is 0 Å². The van der Waals surface area contributed by atoms with E-state index in [9.17, 15) is 14.4 Å². The van der Waals surface area contributed by atoms with Crippen LogP contribution in [0.3, 0.4) is 0 Å². The molecule has 1 atom stereocenters. The van der Waals surface area contributed by atoms with E-state index in [1.165, 1.54) is 25.8 Å². The van der Waals surface area contributed by atoms with Gasteiger partial charge < -0.3 is 4.90 Å². The number of carbonyl (C=O) groups excluding carboxylic acids is 3. The molecule has 0 radical (unpaired) electrons. The molecule has 1 unspecified atom stereocenters. The van der Waals surface area contributed by atoms with Gasteiger partial charge in [0.05, 0.1) is 0 Å². The van der Waals surface area contributed by atoms with Crippen LogP contribution in [-0.2, 0) is 14.4 Å². The second-order valence-electron chi connectivity index (χ2n) is 2.49. The zero-order chi connectivity index (χ0) is 9.72. The monoisotopic (exact) mass is 172 g/mol. The molecule has 5 heteroatoms. The van der Waals surface area contributed by atoms with Gasteiger partial charge in [-0.05, 0) is 6.92 Å². The summed E-state index contributed by atoms with van der Waals surface area (Å²) in [5.74, 6) is -0.900. The first-order chi connectivity index (χ1) is 5.49. The number of amides is 3. The fraction of sp³-hybridized carbons (Fsp3) is 0.571. The van der Waals surface area contributed by atoms with Gasteiger partial charge in [0.15, 0.2) is 0 Å². The minimum Gasteiger partial charge on any atom is -0.337 e. The molecule has 0 saturated heterocycles. The van der Waals surface area contributed by atoms with Crippen molar-refractivity contribution in [1.82, 2.24) is 10.2 Å². The van der Waals surface area contributed by atoms with Crippen molar-refractivity contribution >= 4 is 18.2 Å². The topological polar surface area (TPSA) is 66.5 Å². The molecule has 68 valence electrons. The van der Waals surface area contributed by atoms with Crippen LogP contribution < -0.4 is 5.32 Å². The lowest BCUT2D eigenvalue weighted by molar-refractivity contribution is -0.135. The first-order valence-corrected chi connectivity index (χ1v) is 3.47. The van der Waals surface area contributed by atoms with Crippen LogP contribution in [0, 0.1) is 0 Å². The highest BCUT2D eigenvalue weighted by atomic mass is 16.2. The third-order valence-corrected chi connectivity index (χ3v) is 1.46. The molecule has 3 amide bonds. The number of carbonyl (C=O) groups is 3. The Morgan fingerprint density at radius 1 is 1.50 bits per heavy atom. The van der Waals surface area contributed by atoms with Crippen molar-refractivity contribution in [3.8, 4) is 0 Å². The summed E-state index contributed by atoms with van der Waals surface area (Å²) in [5, 5.41) is 2.08. The second-order valence-corrected chi connectivity index (χ2v) is 2.49. The molecule has 0 fully saturated rings. The van der Waals surface area contributed by atoms with E-state index in [0.29, 0.717) is 6.41 Å². The molecular weight excluding hydrogens is 160 g/mol. The van der Waals surface area contributed by atoms with E-state index in [0.717, 1.165) is 0 Å². The van der Waals surface area contributed by atoms with E-state index in [2.05, 4.69) is 5.32 Å². The average molecular weight is 172 g/mol. The summed E-state index contributed by atoms with van der Waals surface area (Å²) in [4.78, 5) is 32.8. The van der Waals surface area contributed by atoms with Gasteiger partial charge >= 0.3 is 0 Å². The molecule has 5 nitrogen and oxygen atoms in total. The lowest BCUT2D eigenvalue weighted by Crippen LogP contribution is -2.44. The third kappa shape index (κ3) is 3.14. The van der Waals surface area contributed by atoms with Crippen LogP contribution >= 0.6 is 0 Å². The molecule has 0 aromatic heterocycles. The standard InChI is InChI=1S/C7H12N2O3/c1-5(9(3)4-10)7(12)8-6(2)11/h4-5H,1-3H3,(H,8,11,12). The predicted molar refractivity (Wildman–Crippen MR) is 42.1 cm³/mol. The van der Waals surface area contributed by atoms with E-state index in [-0.39, 0.29) is 0 Å². The molecule has 1 N–H and O–H groups in total. The normalized spacial score (nSPS) is 11.6. The number of hydrogen-bond acceptors (Lipinski definition) is 3. The van der Waals surface area contributed by atoms with Crippen molar-refractivity contribution in [1.29, 1.82) is 0 Å². The molecule has 0 rings (SSSR count). The Morgan fingerprint density at radius 2 is 2.00 bits per heavy atom. The fourth-order valence-corrected chi connectivity index (χ4v) is 0.554. The number of hydrogen-bond donors (Lipinski definition) is 1. The molecule has 0 saturated carbocycles. The summed E-state index contributed by atoms with van der Waals surface area (Å²) in [5.41, 5.74) is 0. The Morgan fingerprint density at radius 3 is 2.33 bits per heavy atom. The van der Waals surface area contributed by atoms with E-state index >= 15 is 0 Å². The molecule has 0 spiro atoms. The summed E-state index contributed by atoms with van der Waals surface area (Å²) in [6.45, 7) is 2.78. The summed E-state index contributed by atoms with van der Waals surface area (Å²) >= 11 is 0. The zero-order valence-electron chi connectivity index (χ0n) is 7.33. The average Bonchev–Trinajstić information content (AvgIpc) is 2.00. The van der Waals surface area contributed by atoms with E-state index in [1.54, 1.807) is 0 Å². The van der Waals surface area contributed by atoms with E-state index < -0.39 is 17.9 Å². The molecule has 0 bridgehead atoms. The van der Waals surface area contributed by atoms with Gasteiger partial charge in [-0.15, -0.1) is 0 Å². The molecule has 12 heavy (non-hydrogen) atoms. The maximum absolute atomic E-state index is 11.0. The quantitative estimate of drug-likeness (QED) is 0.562. The van der Waals surface area contributed by atoms with Crippen molar-refractivity contribution in [3.05, 3.63) is 0 Å². The Bertz CT molecular complexity index is 203. The van der Waals surface area contributed by atoms with E-state index in [1.807, 2.05) is 0 Å². The van der Waals surface area contributed by atoms with Gasteiger partial charge in [-0.3, -0.25) is 19.7 Å². The molecule has 0 heterocycles. The third-order valence-electron chi connectivity index (χ3n) is 1.46. The van der Waals surface area contributed by atoms with Gasteiger partial charge in [-0.1, -0.05) is 0 Å². The number of likely N-dealkylation sites (N-methyl/N-ethyl adjacent to an activating group) is 1. The van der Waals surface area contributed by atoms with Crippen LogP contribution in [0.4, 0.5) is 0 Å². The minimum atomic E-state index is -0.619. The first-order valence-electron chi connectivity index (χ1n) is 3.47. The summed E-state index contributed by atoms with van der Waals surface area (Å²) in [6.07, 6.45) is 0.532. The smallest absolute Gasteiger partial charge is 0.249 e. The SMILES string of the molecule is CC(=O)NC(=O)C(C)N(C)C=O. The van der Waals surface area contributed by atoms with Crippen LogP contribution in [0.5, 0.6) is 0 Å². The van der Waals surface area contributed by atoms with Crippen molar-refractivity contribution in [2.24, 2.45) is 0 Å². The number of imide groups is 1. The van der Waals surface area contributed by atoms with Crippen molar-refractivity contribution in [2.45, 2.75) is 19.9 Å². The Balaban J connectivity index is 4.09. The highest BCUT2D eigenvalue weighted by Crippen LogP contribution is 1.90. The number of nitrogens with zero attached hydrogens (tertiary/aromatic N) is 1. The summed E-state index contributed by atoms with van der Waals surface area (Å²) < 4.78 is 0. The molecular formula is C7H12N2O3. The van der Waals surface area contributed by atoms with E-state index in [4.69, 9.17) is 0 Å². The molecule has 0 aromatic rings. The highest BCUT2D eigenvalue weighted by molar-refractivity contribution is 5.97. The van der Waals surface area contributed by atoms with Gasteiger partial charge in [0.2, 0.25) is 18.2 Å². The molecule has 0 aliphatic carbocycles. The predicted octanol–water partition coefficient (Wildman–Crippen LogP) is -0.874. The maximum Gasteiger partial charge on any atom is 0.249 e. The lowest BCUT2D eigenvalue weighted by Gasteiger charge is -2.18. The Hall–Kier alpha value is -1.39. The summed E-state index contributed by atoms with van der Waals surface area (Å²) in [6, 6.07) is -0.619. The van der Waals surface area contributed by atoms with Gasteiger partial charge in [0, 0.05) is 14.0 Å². The summed E-state index contributed by atoms with van der Waals surface area (Å²) in [7, 11) is 1.47. The van der Waals surface area contributed by atoms with Gasteiger partial charge in [0.25, 0.3) is 0 Å². The van der Waals surface area contributed by atoms with Crippen LogP contribution in [0.2, 0.25) is 0 Å². The fourth-order valence-electron chi connectivity index (χ4n) is 0.554. The molecule has 0 aromatic carbocycles. The highest BCUT2D eigenvalue weighted by Gasteiger charge is 2.16. The number of rotatable bonds is 3. The largest absolute Gasteiger partial charge is 0.337 e. The second kappa shape index (κ2) is 4.48. The molecule has 0 aliphatic heterocycles. The van der Waals surface area contributed by atoms with Crippen molar-refractivity contribution in [3.63, 3.8) is 0 Å². The van der Waals surface area contributed by atoms with Crippen LogP contribution in [-0.4, -0.2) is 36.2 Å². The molecule has 0 aliphatic rings. The van der Waals surface area contributed by atoms with Gasteiger partial charge in [-0.25, -0.2) is 0 Å². The number of nitrogens with one attached hydrogen (secondary N) is 1. The van der Waals surface area contributed by atoms with Crippen molar-refractivity contribution < 1.29 is 14.4 Å². The Labute approximate surface area is 70.7 Å². The van der Waals surface area contributed by atoms with Gasteiger partial charge in [-0.2, -0.15) is 0 Å².